The van der Waals surface area contributed by atoms with Crippen molar-refractivity contribution in [2.75, 3.05) is 7.11 Å². The van der Waals surface area contributed by atoms with Gasteiger partial charge in [-0.15, -0.1) is 0 Å². The van der Waals surface area contributed by atoms with Crippen molar-refractivity contribution in [3.63, 3.8) is 0 Å². The van der Waals surface area contributed by atoms with Gasteiger partial charge in [0.25, 0.3) is 5.56 Å². The summed E-state index contributed by atoms with van der Waals surface area (Å²) in [5, 5.41) is 3.88. The fourth-order valence-corrected chi connectivity index (χ4v) is 3.98. The largest absolute Gasteiger partial charge is 0.494 e. The Bertz CT molecular complexity index is 1580. The Morgan fingerprint density at radius 3 is 2.32 bits per heavy atom. The molecule has 1 aromatic heterocycles. The summed E-state index contributed by atoms with van der Waals surface area (Å²) in [7, 11) is 1.20. The Kier molecular flexibility index (Phi) is 7.44. The second-order valence-corrected chi connectivity index (χ2v) is 8.31. The Morgan fingerprint density at radius 2 is 1.66 bits per heavy atom. The number of ether oxygens (including phenoxy) is 1. The molecule has 198 valence electrons. The first-order valence-electron chi connectivity index (χ1n) is 11.2. The van der Waals surface area contributed by atoms with Crippen LogP contribution in [-0.4, -0.2) is 21.5 Å². The lowest BCUT2D eigenvalue weighted by Crippen LogP contribution is -2.44. The van der Waals surface area contributed by atoms with Crippen LogP contribution in [0.5, 0.6) is 5.75 Å². The Balaban J connectivity index is 1.94. The zero-order chi connectivity index (χ0) is 27.6. The van der Waals surface area contributed by atoms with Crippen LogP contribution < -0.4 is 21.7 Å². The number of nitrogens with zero attached hydrogens (tertiary/aromatic N) is 3. The second-order valence-electron chi connectivity index (χ2n) is 8.31. The van der Waals surface area contributed by atoms with Crippen molar-refractivity contribution in [3.05, 3.63) is 116 Å². The summed E-state index contributed by atoms with van der Waals surface area (Å²) in [6, 6.07) is 13.7. The Morgan fingerprint density at radius 1 is 0.974 bits per heavy atom. The standard InChI is InChI=1S/C26H21F5N4O3/c1-38-21-12-5-9-16(22(21)28)23-24(36)34(14-20(32)15-7-3-2-4-8-15)25(37)35(33-23)13-17-18(26(29,30)31)10-6-11-19(17)27/h2-12,20H,13-14,32H2,1H3. The summed E-state index contributed by atoms with van der Waals surface area (Å²) >= 11 is 0. The van der Waals surface area contributed by atoms with Crippen molar-refractivity contribution in [2.45, 2.75) is 25.3 Å². The fraction of sp³-hybridized carbons (Fsp3) is 0.192. The van der Waals surface area contributed by atoms with E-state index in [1.807, 2.05) is 0 Å². The van der Waals surface area contributed by atoms with Crippen LogP contribution in [-0.2, 0) is 19.3 Å². The predicted octanol–water partition coefficient (Wildman–Crippen LogP) is 4.13. The van der Waals surface area contributed by atoms with Gasteiger partial charge < -0.3 is 10.5 Å². The van der Waals surface area contributed by atoms with Gasteiger partial charge in [-0.1, -0.05) is 42.5 Å². The van der Waals surface area contributed by atoms with Crippen molar-refractivity contribution < 1.29 is 26.7 Å². The first-order valence-corrected chi connectivity index (χ1v) is 11.2. The monoisotopic (exact) mass is 532 g/mol. The van der Waals surface area contributed by atoms with Crippen LogP contribution in [0.1, 0.15) is 22.7 Å². The van der Waals surface area contributed by atoms with E-state index in [2.05, 4.69) is 5.10 Å². The molecule has 0 aliphatic heterocycles. The van der Waals surface area contributed by atoms with Crippen molar-refractivity contribution in [2.24, 2.45) is 5.73 Å². The van der Waals surface area contributed by atoms with Gasteiger partial charge in [0.2, 0.25) is 0 Å². The zero-order valence-electron chi connectivity index (χ0n) is 19.9. The molecule has 0 aliphatic carbocycles. The van der Waals surface area contributed by atoms with Gasteiger partial charge in [-0.2, -0.15) is 18.3 Å². The van der Waals surface area contributed by atoms with Crippen LogP contribution in [0.2, 0.25) is 0 Å². The SMILES string of the molecule is COc1cccc(-c2nn(Cc3c(F)cccc3C(F)(F)F)c(=O)n(CC(N)c3ccccc3)c2=O)c1F. The van der Waals surface area contributed by atoms with E-state index in [0.29, 0.717) is 20.9 Å². The maximum Gasteiger partial charge on any atom is 0.416 e. The fourth-order valence-electron chi connectivity index (χ4n) is 3.98. The number of methoxy groups -OCH3 is 1. The third kappa shape index (κ3) is 5.21. The molecule has 0 aliphatic rings. The van der Waals surface area contributed by atoms with E-state index in [1.54, 1.807) is 30.3 Å². The number of aromatic nitrogens is 3. The van der Waals surface area contributed by atoms with Gasteiger partial charge >= 0.3 is 11.9 Å². The smallest absolute Gasteiger partial charge is 0.416 e. The van der Waals surface area contributed by atoms with Gasteiger partial charge in [0.05, 0.1) is 25.8 Å². The average Bonchev–Trinajstić information content (AvgIpc) is 2.89. The first-order chi connectivity index (χ1) is 18.0. The molecule has 0 fully saturated rings. The lowest BCUT2D eigenvalue weighted by Gasteiger charge is -2.18. The molecule has 0 saturated carbocycles. The summed E-state index contributed by atoms with van der Waals surface area (Å²) in [4.78, 5) is 26.7. The lowest BCUT2D eigenvalue weighted by molar-refractivity contribution is -0.138. The van der Waals surface area contributed by atoms with Crippen LogP contribution in [0.3, 0.4) is 0 Å². The van der Waals surface area contributed by atoms with E-state index < -0.39 is 65.0 Å². The third-order valence-corrected chi connectivity index (χ3v) is 5.90. The van der Waals surface area contributed by atoms with E-state index in [4.69, 9.17) is 10.5 Å². The normalized spacial score (nSPS) is 12.4. The van der Waals surface area contributed by atoms with Crippen molar-refractivity contribution in [1.82, 2.24) is 14.3 Å². The summed E-state index contributed by atoms with van der Waals surface area (Å²) in [5.74, 6) is -2.45. The molecule has 1 unspecified atom stereocenters. The number of hydrogen-bond acceptors (Lipinski definition) is 5. The molecule has 2 N–H and O–H groups in total. The molecule has 0 spiro atoms. The minimum absolute atomic E-state index is 0.234. The molecule has 0 saturated heterocycles. The van der Waals surface area contributed by atoms with Gasteiger partial charge in [0.15, 0.2) is 17.3 Å². The molecule has 4 rings (SSSR count). The first kappa shape index (κ1) is 26.7. The Hall–Kier alpha value is -4.32. The van der Waals surface area contributed by atoms with Gasteiger partial charge in [-0.25, -0.2) is 18.3 Å². The quantitative estimate of drug-likeness (QED) is 0.362. The van der Waals surface area contributed by atoms with E-state index in [0.717, 1.165) is 12.1 Å². The summed E-state index contributed by atoms with van der Waals surface area (Å²) in [6.07, 6.45) is -4.94. The predicted molar refractivity (Wildman–Crippen MR) is 129 cm³/mol. The molecule has 0 radical (unpaired) electrons. The number of alkyl halides is 3. The van der Waals surface area contributed by atoms with E-state index >= 15 is 4.39 Å². The topological polar surface area (TPSA) is 92.1 Å². The highest BCUT2D eigenvalue weighted by Crippen LogP contribution is 2.33. The maximum atomic E-state index is 15.1. The minimum Gasteiger partial charge on any atom is -0.494 e. The number of benzene rings is 3. The van der Waals surface area contributed by atoms with Crippen molar-refractivity contribution in [3.8, 4) is 17.0 Å². The molecule has 12 heteroatoms. The zero-order valence-corrected chi connectivity index (χ0v) is 19.9. The van der Waals surface area contributed by atoms with E-state index in [9.17, 15) is 27.2 Å². The van der Waals surface area contributed by atoms with Crippen LogP contribution in [0.15, 0.2) is 76.3 Å². The van der Waals surface area contributed by atoms with Gasteiger partial charge in [0.1, 0.15) is 5.82 Å². The van der Waals surface area contributed by atoms with Crippen LogP contribution in [0.25, 0.3) is 11.3 Å². The lowest BCUT2D eigenvalue weighted by atomic mass is 10.1. The van der Waals surface area contributed by atoms with Crippen LogP contribution in [0, 0.1) is 11.6 Å². The van der Waals surface area contributed by atoms with Crippen LogP contribution >= 0.6 is 0 Å². The molecule has 0 amide bonds. The average molecular weight is 532 g/mol. The summed E-state index contributed by atoms with van der Waals surface area (Å²) < 4.78 is 76.6. The van der Waals surface area contributed by atoms with Gasteiger partial charge in [0, 0.05) is 17.2 Å². The van der Waals surface area contributed by atoms with Crippen LogP contribution in [0.4, 0.5) is 22.0 Å². The summed E-state index contributed by atoms with van der Waals surface area (Å²) in [6.45, 7) is -1.40. The molecule has 38 heavy (non-hydrogen) atoms. The highest BCUT2D eigenvalue weighted by atomic mass is 19.4. The molecule has 1 atom stereocenters. The highest BCUT2D eigenvalue weighted by molar-refractivity contribution is 5.61. The molecule has 0 bridgehead atoms. The molecular formula is C26H21F5N4O3. The molecule has 1 heterocycles. The van der Waals surface area contributed by atoms with Crippen molar-refractivity contribution >= 4 is 0 Å². The van der Waals surface area contributed by atoms with E-state index in [1.165, 1.54) is 25.3 Å². The molecular weight excluding hydrogens is 511 g/mol. The Labute approximate surface area is 212 Å². The number of hydrogen-bond donors (Lipinski definition) is 1. The molecule has 3 aromatic carbocycles. The molecule has 4 aromatic rings. The minimum atomic E-state index is -4.94. The second kappa shape index (κ2) is 10.6. The number of halogens is 5. The van der Waals surface area contributed by atoms with E-state index in [-0.39, 0.29) is 11.3 Å². The van der Waals surface area contributed by atoms with Crippen molar-refractivity contribution in [1.29, 1.82) is 0 Å². The summed E-state index contributed by atoms with van der Waals surface area (Å²) in [5.41, 5.74) is 1.44. The molecule has 7 nitrogen and oxygen atoms in total. The number of rotatable bonds is 7. The number of nitrogens with two attached hydrogens (primary N) is 1. The third-order valence-electron chi connectivity index (χ3n) is 5.90. The highest BCUT2D eigenvalue weighted by Gasteiger charge is 2.35. The van der Waals surface area contributed by atoms with Gasteiger partial charge in [-0.3, -0.25) is 9.36 Å². The van der Waals surface area contributed by atoms with Gasteiger partial charge in [-0.05, 0) is 29.8 Å². The maximum absolute atomic E-state index is 15.1.